The van der Waals surface area contributed by atoms with Crippen LogP contribution in [0.3, 0.4) is 0 Å². The summed E-state index contributed by atoms with van der Waals surface area (Å²) in [7, 11) is 0. The van der Waals surface area contributed by atoms with Crippen molar-refractivity contribution in [3.63, 3.8) is 0 Å². The molecule has 6 nitrogen and oxygen atoms in total. The Morgan fingerprint density at radius 2 is 1.74 bits per heavy atom. The van der Waals surface area contributed by atoms with E-state index in [9.17, 15) is 18.0 Å². The zero-order valence-electron chi connectivity index (χ0n) is 17.9. The van der Waals surface area contributed by atoms with Crippen LogP contribution >= 0.6 is 0 Å². The fraction of sp³-hybridized carbons (Fsp3) is 0.200. The van der Waals surface area contributed by atoms with Crippen LogP contribution in [0, 0.1) is 0 Å². The van der Waals surface area contributed by atoms with Crippen molar-refractivity contribution >= 4 is 16.9 Å². The highest BCUT2D eigenvalue weighted by atomic mass is 19.4. The Labute approximate surface area is 192 Å². The molecule has 0 saturated heterocycles. The number of halogens is 3. The summed E-state index contributed by atoms with van der Waals surface area (Å²) in [5, 5.41) is 3.01. The van der Waals surface area contributed by atoms with Gasteiger partial charge in [-0.15, -0.1) is 0 Å². The summed E-state index contributed by atoms with van der Waals surface area (Å²) in [6, 6.07) is 18.8. The van der Waals surface area contributed by atoms with Crippen molar-refractivity contribution in [1.29, 1.82) is 0 Å². The Kier molecular flexibility index (Phi) is 5.61. The van der Waals surface area contributed by atoms with Crippen LogP contribution in [0.1, 0.15) is 28.6 Å². The van der Waals surface area contributed by atoms with Crippen LogP contribution < -0.4 is 14.8 Å². The number of aromatic amines is 1. The van der Waals surface area contributed by atoms with E-state index in [2.05, 4.69) is 15.3 Å². The molecule has 0 bridgehead atoms. The summed E-state index contributed by atoms with van der Waals surface area (Å²) >= 11 is 0. The van der Waals surface area contributed by atoms with E-state index in [0.717, 1.165) is 11.1 Å². The van der Waals surface area contributed by atoms with Crippen LogP contribution in [0.15, 0.2) is 66.7 Å². The van der Waals surface area contributed by atoms with Gasteiger partial charge in [-0.3, -0.25) is 4.79 Å². The molecular weight excluding hydrogens is 447 g/mol. The number of carbonyl (C=O) groups is 1. The molecule has 1 amide bonds. The third kappa shape index (κ3) is 4.54. The van der Waals surface area contributed by atoms with Gasteiger partial charge in [0, 0.05) is 0 Å². The molecule has 0 saturated carbocycles. The van der Waals surface area contributed by atoms with E-state index >= 15 is 0 Å². The number of nitrogens with zero attached hydrogens (tertiary/aromatic N) is 1. The van der Waals surface area contributed by atoms with Crippen LogP contribution in [0.25, 0.3) is 11.0 Å². The second-order valence-electron chi connectivity index (χ2n) is 7.93. The predicted molar refractivity (Wildman–Crippen MR) is 119 cm³/mol. The Balaban J connectivity index is 1.42. The van der Waals surface area contributed by atoms with Gasteiger partial charge in [-0.05, 0) is 41.0 Å². The van der Waals surface area contributed by atoms with Gasteiger partial charge in [-0.25, -0.2) is 4.98 Å². The lowest BCUT2D eigenvalue weighted by molar-refractivity contribution is -0.144. The number of hydrogen-bond acceptors (Lipinski definition) is 4. The lowest BCUT2D eigenvalue weighted by Crippen LogP contribution is -2.30. The zero-order valence-corrected chi connectivity index (χ0v) is 17.9. The number of H-pyrrole nitrogens is 1. The molecule has 2 N–H and O–H groups in total. The first-order valence-corrected chi connectivity index (χ1v) is 10.7. The molecule has 0 fully saturated rings. The monoisotopic (exact) mass is 467 g/mol. The number of carbonyl (C=O) groups excluding carboxylic acids is 1. The van der Waals surface area contributed by atoms with Gasteiger partial charge in [0.25, 0.3) is 0 Å². The zero-order chi connectivity index (χ0) is 23.7. The minimum Gasteiger partial charge on any atom is -0.486 e. The molecule has 1 aromatic heterocycles. The lowest BCUT2D eigenvalue weighted by atomic mass is 9.97. The molecule has 4 aromatic rings. The maximum atomic E-state index is 13.1. The molecule has 1 aliphatic rings. The van der Waals surface area contributed by atoms with Crippen LogP contribution in [0.2, 0.25) is 0 Å². The molecule has 0 spiro atoms. The van der Waals surface area contributed by atoms with Crippen molar-refractivity contribution in [2.24, 2.45) is 0 Å². The van der Waals surface area contributed by atoms with E-state index in [-0.39, 0.29) is 23.4 Å². The first-order chi connectivity index (χ1) is 16.4. The third-order valence-electron chi connectivity index (χ3n) is 5.52. The van der Waals surface area contributed by atoms with Gasteiger partial charge < -0.3 is 19.8 Å². The van der Waals surface area contributed by atoms with Gasteiger partial charge in [-0.1, -0.05) is 42.5 Å². The summed E-state index contributed by atoms with van der Waals surface area (Å²) in [6.45, 7) is 0.932. The van der Waals surface area contributed by atoms with Crippen molar-refractivity contribution in [2.75, 3.05) is 13.2 Å². The Hall–Kier alpha value is -4.01. The van der Waals surface area contributed by atoms with Gasteiger partial charge in [0.05, 0.1) is 23.5 Å². The molecule has 0 aliphatic carbocycles. The van der Waals surface area contributed by atoms with Gasteiger partial charge in [0.1, 0.15) is 13.2 Å². The number of hydrogen-bond donors (Lipinski definition) is 2. The van der Waals surface area contributed by atoms with Crippen LogP contribution in [-0.4, -0.2) is 29.1 Å². The summed E-state index contributed by atoms with van der Waals surface area (Å²) in [5.41, 5.74) is 2.63. The normalized spacial score (nSPS) is 14.1. The molecule has 1 atom stereocenters. The quantitative estimate of drug-likeness (QED) is 0.442. The SMILES string of the molecule is O=C(Cc1ccc2c(c1)OCCO2)NC(c1ccccc1)c1ccc2nc(C(F)(F)F)[nH]c2c1. The maximum absolute atomic E-state index is 13.1. The molecule has 1 unspecified atom stereocenters. The van der Waals surface area contributed by atoms with E-state index in [1.807, 2.05) is 30.3 Å². The maximum Gasteiger partial charge on any atom is 0.449 e. The molecule has 9 heteroatoms. The van der Waals surface area contributed by atoms with Crippen LogP contribution in [0.5, 0.6) is 11.5 Å². The molecule has 2 heterocycles. The lowest BCUT2D eigenvalue weighted by Gasteiger charge is -2.21. The van der Waals surface area contributed by atoms with Crippen molar-refractivity contribution < 1.29 is 27.4 Å². The summed E-state index contributed by atoms with van der Waals surface area (Å²) in [6.07, 6.45) is -4.47. The Morgan fingerprint density at radius 1 is 0.971 bits per heavy atom. The number of nitrogens with one attached hydrogen (secondary N) is 2. The van der Waals surface area contributed by atoms with E-state index in [1.54, 1.807) is 30.3 Å². The summed E-state index contributed by atoms with van der Waals surface area (Å²) < 4.78 is 50.3. The van der Waals surface area contributed by atoms with Crippen molar-refractivity contribution in [3.05, 3.63) is 89.2 Å². The van der Waals surface area contributed by atoms with Gasteiger partial charge in [-0.2, -0.15) is 13.2 Å². The molecular formula is C25H20F3N3O3. The largest absolute Gasteiger partial charge is 0.486 e. The van der Waals surface area contributed by atoms with Crippen LogP contribution in [-0.2, 0) is 17.4 Å². The topological polar surface area (TPSA) is 76.2 Å². The molecule has 1 aliphatic heterocycles. The van der Waals surface area contributed by atoms with Crippen molar-refractivity contribution in [2.45, 2.75) is 18.6 Å². The fourth-order valence-electron chi connectivity index (χ4n) is 3.94. The van der Waals surface area contributed by atoms with E-state index in [1.165, 1.54) is 6.07 Å². The Bertz CT molecular complexity index is 1340. The summed E-state index contributed by atoms with van der Waals surface area (Å²) in [4.78, 5) is 18.9. The number of imidazole rings is 1. The highest BCUT2D eigenvalue weighted by Gasteiger charge is 2.34. The summed E-state index contributed by atoms with van der Waals surface area (Å²) in [5.74, 6) is -0.0604. The van der Waals surface area contributed by atoms with E-state index < -0.39 is 18.0 Å². The number of alkyl halides is 3. The minimum absolute atomic E-state index is 0.102. The van der Waals surface area contributed by atoms with Crippen molar-refractivity contribution in [1.82, 2.24) is 15.3 Å². The number of aromatic nitrogens is 2. The second-order valence-corrected chi connectivity index (χ2v) is 7.93. The minimum atomic E-state index is -4.57. The second kappa shape index (κ2) is 8.74. The molecule has 5 rings (SSSR count). The third-order valence-corrected chi connectivity index (χ3v) is 5.52. The van der Waals surface area contributed by atoms with Crippen molar-refractivity contribution in [3.8, 4) is 11.5 Å². The van der Waals surface area contributed by atoms with Gasteiger partial charge in [0.15, 0.2) is 11.5 Å². The molecule has 34 heavy (non-hydrogen) atoms. The van der Waals surface area contributed by atoms with E-state index in [4.69, 9.17) is 9.47 Å². The first kappa shape index (κ1) is 21.8. The average molecular weight is 467 g/mol. The smallest absolute Gasteiger partial charge is 0.449 e. The number of benzene rings is 3. The van der Waals surface area contributed by atoms with Gasteiger partial charge >= 0.3 is 6.18 Å². The highest BCUT2D eigenvalue weighted by Crippen LogP contribution is 2.32. The predicted octanol–water partition coefficient (Wildman–Crippen LogP) is 4.80. The first-order valence-electron chi connectivity index (χ1n) is 10.7. The number of fused-ring (bicyclic) bond motifs is 2. The fourth-order valence-corrected chi connectivity index (χ4v) is 3.94. The van der Waals surface area contributed by atoms with Gasteiger partial charge in [0.2, 0.25) is 11.7 Å². The number of rotatable bonds is 5. The Morgan fingerprint density at radius 3 is 2.50 bits per heavy atom. The number of amides is 1. The molecule has 0 radical (unpaired) electrons. The van der Waals surface area contributed by atoms with E-state index in [0.29, 0.717) is 30.3 Å². The molecule has 3 aromatic carbocycles. The standard InChI is InChI=1S/C25H20F3N3O3/c26-25(27,28)24-29-18-8-7-17(14-19(18)30-24)23(16-4-2-1-3-5-16)31-22(32)13-15-6-9-20-21(12-15)34-11-10-33-20/h1-9,12,14,23H,10-11,13H2,(H,29,30)(H,31,32). The van der Waals surface area contributed by atoms with Crippen LogP contribution in [0.4, 0.5) is 13.2 Å². The highest BCUT2D eigenvalue weighted by molar-refractivity contribution is 5.81. The molecule has 174 valence electrons. The number of ether oxygens (including phenoxy) is 2. The average Bonchev–Trinajstić information content (AvgIpc) is 3.27.